The fraction of sp³-hybridized carbons (Fsp3) is 0.800. The van der Waals surface area contributed by atoms with Gasteiger partial charge in [-0.15, -0.1) is 0 Å². The molecule has 1 saturated heterocycles. The molecule has 1 aromatic rings. The summed E-state index contributed by atoms with van der Waals surface area (Å²) in [6.45, 7) is 2.34. The van der Waals surface area contributed by atoms with Gasteiger partial charge in [0.05, 0.1) is 11.7 Å². The second kappa shape index (κ2) is 6.08. The molecule has 2 heterocycles. The Kier molecular flexibility index (Phi) is 4.38. The van der Waals surface area contributed by atoms with Crippen LogP contribution in [0, 0.1) is 0 Å². The molecule has 2 unspecified atom stereocenters. The molecule has 5 heteroatoms. The van der Waals surface area contributed by atoms with Crippen molar-refractivity contribution in [3.8, 4) is 0 Å². The molecule has 2 aliphatic rings. The van der Waals surface area contributed by atoms with Crippen LogP contribution in [0.1, 0.15) is 57.2 Å². The molecule has 1 aromatic heterocycles. The molecular formula is C15H26N4S. The van der Waals surface area contributed by atoms with Gasteiger partial charge in [-0.2, -0.15) is 16.9 Å². The van der Waals surface area contributed by atoms with Gasteiger partial charge in [0.1, 0.15) is 0 Å². The highest BCUT2D eigenvalue weighted by Crippen LogP contribution is 2.41. The SMILES string of the molecule is CC1(C(Cc2ccn(C3CCCC3)n2)NN)CCCS1. The van der Waals surface area contributed by atoms with E-state index >= 15 is 0 Å². The number of rotatable bonds is 5. The monoisotopic (exact) mass is 294 g/mol. The predicted molar refractivity (Wildman–Crippen MR) is 84.6 cm³/mol. The molecule has 0 bridgehead atoms. The van der Waals surface area contributed by atoms with E-state index < -0.39 is 0 Å². The topological polar surface area (TPSA) is 55.9 Å². The third kappa shape index (κ3) is 2.90. The number of nitrogens with two attached hydrogens (primary N) is 1. The van der Waals surface area contributed by atoms with Crippen molar-refractivity contribution in [1.82, 2.24) is 15.2 Å². The Hall–Kier alpha value is -0.520. The Balaban J connectivity index is 1.66. The van der Waals surface area contributed by atoms with E-state index in [2.05, 4.69) is 41.1 Å². The number of hydrogen-bond acceptors (Lipinski definition) is 4. The zero-order chi connectivity index (χ0) is 14.0. The quantitative estimate of drug-likeness (QED) is 0.647. The molecule has 112 valence electrons. The highest BCUT2D eigenvalue weighted by Gasteiger charge is 2.37. The first-order valence-corrected chi connectivity index (χ1v) is 8.84. The molecule has 1 saturated carbocycles. The van der Waals surface area contributed by atoms with E-state index in [0.29, 0.717) is 12.1 Å². The van der Waals surface area contributed by atoms with Crippen LogP contribution in [0.25, 0.3) is 0 Å². The Morgan fingerprint density at radius 3 is 2.95 bits per heavy atom. The summed E-state index contributed by atoms with van der Waals surface area (Å²) in [7, 11) is 0. The molecule has 1 aliphatic carbocycles. The van der Waals surface area contributed by atoms with Crippen molar-refractivity contribution in [1.29, 1.82) is 0 Å². The minimum atomic E-state index is 0.256. The van der Waals surface area contributed by atoms with Crippen LogP contribution in [0.15, 0.2) is 12.3 Å². The largest absolute Gasteiger partial charge is 0.271 e. The van der Waals surface area contributed by atoms with Gasteiger partial charge < -0.3 is 0 Å². The molecule has 0 aromatic carbocycles. The van der Waals surface area contributed by atoms with Gasteiger partial charge in [0.25, 0.3) is 0 Å². The molecule has 20 heavy (non-hydrogen) atoms. The molecule has 0 amide bonds. The second-order valence-electron chi connectivity index (χ2n) is 6.41. The van der Waals surface area contributed by atoms with Gasteiger partial charge >= 0.3 is 0 Å². The van der Waals surface area contributed by atoms with Crippen LogP contribution >= 0.6 is 11.8 Å². The fourth-order valence-electron chi connectivity index (χ4n) is 3.59. The first-order valence-electron chi connectivity index (χ1n) is 7.85. The Bertz CT molecular complexity index is 433. The van der Waals surface area contributed by atoms with Gasteiger partial charge in [-0.25, -0.2) is 0 Å². The minimum Gasteiger partial charge on any atom is -0.271 e. The molecule has 0 spiro atoms. The van der Waals surface area contributed by atoms with Crippen LogP contribution < -0.4 is 11.3 Å². The lowest BCUT2D eigenvalue weighted by Gasteiger charge is -2.32. The maximum Gasteiger partial charge on any atom is 0.0641 e. The summed E-state index contributed by atoms with van der Waals surface area (Å²) in [5.41, 5.74) is 4.22. The lowest BCUT2D eigenvalue weighted by Crippen LogP contribution is -2.50. The minimum absolute atomic E-state index is 0.256. The Morgan fingerprint density at radius 2 is 2.30 bits per heavy atom. The second-order valence-corrected chi connectivity index (χ2v) is 8.04. The van der Waals surface area contributed by atoms with Crippen molar-refractivity contribution in [2.24, 2.45) is 5.84 Å². The molecule has 2 fully saturated rings. The zero-order valence-electron chi connectivity index (χ0n) is 12.3. The van der Waals surface area contributed by atoms with Crippen LogP contribution in [0.3, 0.4) is 0 Å². The molecule has 2 atom stereocenters. The van der Waals surface area contributed by atoms with E-state index in [-0.39, 0.29) is 4.75 Å². The van der Waals surface area contributed by atoms with E-state index in [1.54, 1.807) is 0 Å². The van der Waals surface area contributed by atoms with Crippen molar-refractivity contribution in [2.45, 2.75) is 68.7 Å². The molecule has 4 nitrogen and oxygen atoms in total. The maximum atomic E-state index is 5.82. The van der Waals surface area contributed by atoms with Crippen LogP contribution in [0.2, 0.25) is 0 Å². The van der Waals surface area contributed by atoms with Gasteiger partial charge in [-0.05, 0) is 44.4 Å². The van der Waals surface area contributed by atoms with Crippen LogP contribution in [-0.4, -0.2) is 26.3 Å². The highest BCUT2D eigenvalue weighted by atomic mass is 32.2. The molecule has 3 rings (SSSR count). The number of hydrogen-bond donors (Lipinski definition) is 2. The lowest BCUT2D eigenvalue weighted by molar-refractivity contribution is 0.397. The molecule has 0 radical (unpaired) electrons. The van der Waals surface area contributed by atoms with Crippen molar-refractivity contribution in [2.75, 3.05) is 5.75 Å². The van der Waals surface area contributed by atoms with Gasteiger partial charge in [-0.1, -0.05) is 12.8 Å². The normalized spacial score (nSPS) is 29.1. The van der Waals surface area contributed by atoms with Gasteiger partial charge in [0.15, 0.2) is 0 Å². The maximum absolute atomic E-state index is 5.82. The van der Waals surface area contributed by atoms with Crippen LogP contribution in [0.5, 0.6) is 0 Å². The fourth-order valence-corrected chi connectivity index (χ4v) is 4.99. The molecular weight excluding hydrogens is 268 g/mol. The predicted octanol–water partition coefficient (Wildman–Crippen LogP) is 2.66. The van der Waals surface area contributed by atoms with E-state index in [4.69, 9.17) is 10.9 Å². The van der Waals surface area contributed by atoms with E-state index in [0.717, 1.165) is 6.42 Å². The number of aromatic nitrogens is 2. The summed E-state index contributed by atoms with van der Waals surface area (Å²) in [6.07, 6.45) is 10.9. The van der Waals surface area contributed by atoms with Crippen LogP contribution in [-0.2, 0) is 6.42 Å². The van der Waals surface area contributed by atoms with E-state index in [1.807, 2.05) is 0 Å². The first kappa shape index (κ1) is 14.4. The highest BCUT2D eigenvalue weighted by molar-refractivity contribution is 8.00. The average Bonchev–Trinajstić information content (AvgIpc) is 3.17. The van der Waals surface area contributed by atoms with Crippen molar-refractivity contribution >= 4 is 11.8 Å². The standard InChI is InChI=1S/C15H26N4S/c1-15(8-4-10-20-15)14(17-16)11-12-7-9-19(18-12)13-5-2-3-6-13/h7,9,13-14,17H,2-6,8,10-11,16H2,1H3. The van der Waals surface area contributed by atoms with Gasteiger partial charge in [0, 0.05) is 23.4 Å². The first-order chi connectivity index (χ1) is 9.71. The summed E-state index contributed by atoms with van der Waals surface area (Å²) in [5, 5.41) is 4.79. The number of nitrogens with zero attached hydrogens (tertiary/aromatic N) is 2. The zero-order valence-corrected chi connectivity index (χ0v) is 13.2. The molecule has 1 aliphatic heterocycles. The average molecular weight is 294 g/mol. The van der Waals surface area contributed by atoms with Crippen molar-refractivity contribution in [3.63, 3.8) is 0 Å². The summed E-state index contributed by atoms with van der Waals surface area (Å²) in [5.74, 6) is 7.07. The number of nitrogens with one attached hydrogen (secondary N) is 1. The van der Waals surface area contributed by atoms with Crippen molar-refractivity contribution < 1.29 is 0 Å². The Labute approximate surface area is 125 Å². The third-order valence-electron chi connectivity index (χ3n) is 4.96. The van der Waals surface area contributed by atoms with Crippen molar-refractivity contribution in [3.05, 3.63) is 18.0 Å². The molecule has 3 N–H and O–H groups in total. The third-order valence-corrected chi connectivity index (χ3v) is 6.60. The smallest absolute Gasteiger partial charge is 0.0641 e. The van der Waals surface area contributed by atoms with E-state index in [1.165, 1.54) is 50.0 Å². The van der Waals surface area contributed by atoms with Crippen LogP contribution in [0.4, 0.5) is 0 Å². The summed E-state index contributed by atoms with van der Waals surface area (Å²) in [6, 6.07) is 3.11. The number of hydrazine groups is 1. The summed E-state index contributed by atoms with van der Waals surface area (Å²) in [4.78, 5) is 0. The number of thioether (sulfide) groups is 1. The summed E-state index contributed by atoms with van der Waals surface area (Å²) < 4.78 is 2.44. The lowest BCUT2D eigenvalue weighted by atomic mass is 9.93. The van der Waals surface area contributed by atoms with Gasteiger partial charge in [0.2, 0.25) is 0 Å². The van der Waals surface area contributed by atoms with Gasteiger partial charge in [-0.3, -0.25) is 16.0 Å². The Morgan fingerprint density at radius 1 is 1.50 bits per heavy atom. The van der Waals surface area contributed by atoms with E-state index in [9.17, 15) is 0 Å². The summed E-state index contributed by atoms with van der Waals surface area (Å²) >= 11 is 2.05.